The van der Waals surface area contributed by atoms with Gasteiger partial charge in [-0.1, -0.05) is 26.8 Å². The minimum Gasteiger partial charge on any atom is -0.344 e. The van der Waals surface area contributed by atoms with Crippen LogP contribution in [0.2, 0.25) is 0 Å². The molecule has 1 aromatic rings. The summed E-state index contributed by atoms with van der Waals surface area (Å²) in [5, 5.41) is 2.72. The average Bonchev–Trinajstić information content (AvgIpc) is 2.74. The fourth-order valence-corrected chi connectivity index (χ4v) is 4.59. The summed E-state index contributed by atoms with van der Waals surface area (Å²) in [6.07, 6.45) is 6.47. The highest BCUT2D eigenvalue weighted by Crippen LogP contribution is 2.52. The van der Waals surface area contributed by atoms with Crippen molar-refractivity contribution in [3.63, 3.8) is 0 Å². The summed E-state index contributed by atoms with van der Waals surface area (Å²) >= 11 is 0. The number of carbonyl (C=O) groups excluding carboxylic acids is 2. The van der Waals surface area contributed by atoms with Gasteiger partial charge in [-0.2, -0.15) is 0 Å². The minimum atomic E-state index is -0.511. The standard InChI is InChI=1S/C18H25N3O2/c1-17(2)7-14-8-18(3,11-17)12-21(14)16(23)15(22)20-10-13-5-4-6-19-9-13/h4-6,9,14H,7-8,10-12H2,1-3H3,(H,20,22). The van der Waals surface area contributed by atoms with Crippen LogP contribution in [0.4, 0.5) is 0 Å². The van der Waals surface area contributed by atoms with Crippen LogP contribution in [0.25, 0.3) is 0 Å². The quantitative estimate of drug-likeness (QED) is 0.850. The van der Waals surface area contributed by atoms with Crippen LogP contribution in [0.5, 0.6) is 0 Å². The van der Waals surface area contributed by atoms with E-state index in [-0.39, 0.29) is 22.8 Å². The number of fused-ring (bicyclic) bond motifs is 2. The molecule has 2 bridgehead atoms. The summed E-state index contributed by atoms with van der Waals surface area (Å²) in [5.74, 6) is -0.900. The first-order chi connectivity index (χ1) is 10.8. The van der Waals surface area contributed by atoms with Crippen molar-refractivity contribution < 1.29 is 9.59 Å². The first-order valence-corrected chi connectivity index (χ1v) is 8.26. The molecule has 0 spiro atoms. The average molecular weight is 315 g/mol. The van der Waals surface area contributed by atoms with E-state index in [4.69, 9.17) is 0 Å². The molecule has 124 valence electrons. The number of aromatic nitrogens is 1. The third kappa shape index (κ3) is 3.38. The Morgan fingerprint density at radius 1 is 1.35 bits per heavy atom. The van der Waals surface area contributed by atoms with Crippen LogP contribution in [0.1, 0.15) is 45.6 Å². The number of hydrogen-bond donors (Lipinski definition) is 1. The molecule has 1 aromatic heterocycles. The molecule has 1 saturated heterocycles. The lowest BCUT2D eigenvalue weighted by Gasteiger charge is -2.39. The zero-order chi connectivity index (χ0) is 16.7. The lowest BCUT2D eigenvalue weighted by Crippen LogP contribution is -2.45. The highest BCUT2D eigenvalue weighted by Gasteiger charge is 2.51. The first-order valence-electron chi connectivity index (χ1n) is 8.26. The zero-order valence-electron chi connectivity index (χ0n) is 14.1. The van der Waals surface area contributed by atoms with Crippen LogP contribution in [0.3, 0.4) is 0 Å². The molecule has 23 heavy (non-hydrogen) atoms. The Morgan fingerprint density at radius 3 is 2.83 bits per heavy atom. The lowest BCUT2D eigenvalue weighted by atomic mass is 9.65. The zero-order valence-corrected chi connectivity index (χ0v) is 14.1. The van der Waals surface area contributed by atoms with Crippen molar-refractivity contribution in [2.24, 2.45) is 10.8 Å². The van der Waals surface area contributed by atoms with Gasteiger partial charge in [0.15, 0.2) is 0 Å². The third-order valence-corrected chi connectivity index (χ3v) is 5.05. The topological polar surface area (TPSA) is 62.3 Å². The van der Waals surface area contributed by atoms with Gasteiger partial charge in [0.1, 0.15) is 0 Å². The van der Waals surface area contributed by atoms with E-state index in [9.17, 15) is 9.59 Å². The first kappa shape index (κ1) is 16.0. The van der Waals surface area contributed by atoms with E-state index in [1.807, 2.05) is 12.1 Å². The van der Waals surface area contributed by atoms with E-state index in [0.717, 1.165) is 24.8 Å². The molecule has 1 saturated carbocycles. The normalized spacial score (nSPS) is 28.5. The Bertz CT molecular complexity index is 614. The molecular formula is C18H25N3O2. The Kier molecular flexibility index (Phi) is 3.90. The van der Waals surface area contributed by atoms with E-state index >= 15 is 0 Å². The van der Waals surface area contributed by atoms with Crippen molar-refractivity contribution in [2.45, 2.75) is 52.6 Å². The van der Waals surface area contributed by atoms with Crippen LogP contribution in [-0.2, 0) is 16.1 Å². The fourth-order valence-electron chi connectivity index (χ4n) is 4.59. The molecule has 1 aliphatic carbocycles. The molecule has 2 amide bonds. The summed E-state index contributed by atoms with van der Waals surface area (Å²) in [5.41, 5.74) is 1.27. The van der Waals surface area contributed by atoms with E-state index in [1.165, 1.54) is 0 Å². The lowest BCUT2D eigenvalue weighted by molar-refractivity contribution is -0.146. The van der Waals surface area contributed by atoms with E-state index in [1.54, 1.807) is 17.3 Å². The molecule has 2 unspecified atom stereocenters. The largest absolute Gasteiger partial charge is 0.344 e. The highest BCUT2D eigenvalue weighted by molar-refractivity contribution is 6.35. The van der Waals surface area contributed by atoms with Crippen molar-refractivity contribution in [1.29, 1.82) is 0 Å². The maximum absolute atomic E-state index is 12.6. The molecular weight excluding hydrogens is 290 g/mol. The second-order valence-corrected chi connectivity index (χ2v) is 8.19. The highest BCUT2D eigenvalue weighted by atomic mass is 16.2. The van der Waals surface area contributed by atoms with Gasteiger partial charge in [0.05, 0.1) is 0 Å². The van der Waals surface area contributed by atoms with Crippen molar-refractivity contribution in [3.8, 4) is 0 Å². The Balaban J connectivity index is 1.63. The van der Waals surface area contributed by atoms with E-state index in [0.29, 0.717) is 13.1 Å². The van der Waals surface area contributed by atoms with Crippen molar-refractivity contribution in [2.75, 3.05) is 6.54 Å². The van der Waals surface area contributed by atoms with Gasteiger partial charge >= 0.3 is 11.8 Å². The summed E-state index contributed by atoms with van der Waals surface area (Å²) in [6.45, 7) is 7.78. The molecule has 2 aliphatic rings. The van der Waals surface area contributed by atoms with Gasteiger partial charge < -0.3 is 10.2 Å². The molecule has 5 nitrogen and oxygen atoms in total. The van der Waals surface area contributed by atoms with Gasteiger partial charge in [-0.05, 0) is 41.7 Å². The number of nitrogens with one attached hydrogen (secondary N) is 1. The predicted octanol–water partition coefficient (Wildman–Crippen LogP) is 2.12. The van der Waals surface area contributed by atoms with Gasteiger partial charge in [-0.3, -0.25) is 14.6 Å². The van der Waals surface area contributed by atoms with Crippen LogP contribution in [-0.4, -0.2) is 34.3 Å². The SMILES string of the molecule is CC1(C)CC2CC(C)(CN2C(=O)C(=O)NCc2cccnc2)C1. The molecule has 2 heterocycles. The maximum Gasteiger partial charge on any atom is 0.312 e. The second-order valence-electron chi connectivity index (χ2n) is 8.19. The number of nitrogens with zero attached hydrogens (tertiary/aromatic N) is 2. The number of hydrogen-bond acceptors (Lipinski definition) is 3. The summed E-state index contributed by atoms with van der Waals surface area (Å²) in [7, 11) is 0. The van der Waals surface area contributed by atoms with Crippen molar-refractivity contribution >= 4 is 11.8 Å². The Labute approximate surface area is 137 Å². The monoisotopic (exact) mass is 315 g/mol. The third-order valence-electron chi connectivity index (χ3n) is 5.05. The Hall–Kier alpha value is -1.91. The molecule has 5 heteroatoms. The van der Waals surface area contributed by atoms with Crippen molar-refractivity contribution in [1.82, 2.24) is 15.2 Å². The van der Waals surface area contributed by atoms with E-state index in [2.05, 4.69) is 31.1 Å². The van der Waals surface area contributed by atoms with Gasteiger partial charge in [-0.25, -0.2) is 0 Å². The molecule has 3 rings (SSSR count). The molecule has 2 fully saturated rings. The molecule has 1 N–H and O–H groups in total. The van der Waals surface area contributed by atoms with Gasteiger partial charge in [0.25, 0.3) is 0 Å². The summed E-state index contributed by atoms with van der Waals surface area (Å²) < 4.78 is 0. The van der Waals surface area contributed by atoms with Gasteiger partial charge in [0.2, 0.25) is 0 Å². The molecule has 1 aliphatic heterocycles. The number of rotatable bonds is 2. The Morgan fingerprint density at radius 2 is 2.13 bits per heavy atom. The fraction of sp³-hybridized carbons (Fsp3) is 0.611. The predicted molar refractivity (Wildman–Crippen MR) is 87.3 cm³/mol. The minimum absolute atomic E-state index is 0.145. The molecule has 0 aromatic carbocycles. The molecule has 2 atom stereocenters. The van der Waals surface area contributed by atoms with Crippen LogP contribution in [0, 0.1) is 10.8 Å². The van der Waals surface area contributed by atoms with E-state index < -0.39 is 5.91 Å². The number of likely N-dealkylation sites (tertiary alicyclic amines) is 1. The maximum atomic E-state index is 12.6. The van der Waals surface area contributed by atoms with Gasteiger partial charge in [-0.15, -0.1) is 0 Å². The number of amides is 2. The van der Waals surface area contributed by atoms with Crippen LogP contribution < -0.4 is 5.32 Å². The van der Waals surface area contributed by atoms with Gasteiger partial charge in [0, 0.05) is 31.5 Å². The smallest absolute Gasteiger partial charge is 0.312 e. The summed E-state index contributed by atoms with van der Waals surface area (Å²) in [6, 6.07) is 3.89. The number of carbonyl (C=O) groups is 2. The number of pyridine rings is 1. The van der Waals surface area contributed by atoms with Crippen LogP contribution in [0.15, 0.2) is 24.5 Å². The molecule has 0 radical (unpaired) electrons. The second kappa shape index (κ2) is 5.62. The van der Waals surface area contributed by atoms with Crippen LogP contribution >= 0.6 is 0 Å². The summed E-state index contributed by atoms with van der Waals surface area (Å²) in [4.78, 5) is 30.6. The van der Waals surface area contributed by atoms with Crippen molar-refractivity contribution in [3.05, 3.63) is 30.1 Å².